The lowest BCUT2D eigenvalue weighted by atomic mass is 10.0. The Labute approximate surface area is 153 Å². The first kappa shape index (κ1) is 18.4. The third-order valence-electron chi connectivity index (χ3n) is 5.04. The Kier molecular flexibility index (Phi) is 5.03. The second-order valence-electron chi connectivity index (χ2n) is 7.51. The van der Waals surface area contributed by atoms with E-state index in [0.717, 1.165) is 25.7 Å². The molecule has 1 N–H and O–H groups in total. The molecule has 3 rings (SSSR count). The van der Waals surface area contributed by atoms with Crippen molar-refractivity contribution in [3.8, 4) is 5.75 Å². The molecule has 1 fully saturated rings. The molecule has 0 atom stereocenters. The van der Waals surface area contributed by atoms with Gasteiger partial charge in [-0.1, -0.05) is 19.8 Å². The number of rotatable bonds is 5. The van der Waals surface area contributed by atoms with Crippen molar-refractivity contribution in [1.82, 2.24) is 5.32 Å². The smallest absolute Gasteiger partial charge is 0.271 e. The molecule has 1 aromatic rings. The number of ether oxygens (including phenoxy) is 1. The average molecular weight is 358 g/mol. The van der Waals surface area contributed by atoms with Gasteiger partial charge in [-0.3, -0.25) is 19.3 Å². The highest BCUT2D eigenvalue weighted by molar-refractivity contribution is 6.07. The normalized spacial score (nSPS) is 19.0. The predicted molar refractivity (Wildman–Crippen MR) is 98.5 cm³/mol. The minimum absolute atomic E-state index is 0.0135. The van der Waals surface area contributed by atoms with Gasteiger partial charge in [0.05, 0.1) is 5.69 Å². The van der Waals surface area contributed by atoms with Gasteiger partial charge in [0.25, 0.3) is 5.91 Å². The zero-order valence-electron chi connectivity index (χ0n) is 15.6. The van der Waals surface area contributed by atoms with Crippen LogP contribution in [0.5, 0.6) is 5.75 Å². The molecule has 0 spiro atoms. The molecule has 0 saturated heterocycles. The van der Waals surface area contributed by atoms with E-state index in [2.05, 4.69) is 5.32 Å². The molecule has 0 aromatic heterocycles. The quantitative estimate of drug-likeness (QED) is 0.821. The van der Waals surface area contributed by atoms with Crippen molar-refractivity contribution in [2.45, 2.75) is 64.5 Å². The van der Waals surface area contributed by atoms with E-state index in [-0.39, 0.29) is 30.2 Å². The Balaban J connectivity index is 1.88. The van der Waals surface area contributed by atoms with Crippen LogP contribution in [0, 0.1) is 0 Å². The second kappa shape index (κ2) is 7.09. The topological polar surface area (TPSA) is 75.7 Å². The van der Waals surface area contributed by atoms with Gasteiger partial charge in [-0.05, 0) is 44.9 Å². The number of ketones is 1. The van der Waals surface area contributed by atoms with Gasteiger partial charge in [0.15, 0.2) is 11.4 Å². The molecular formula is C20H26N2O4. The average Bonchev–Trinajstić information content (AvgIpc) is 3.10. The van der Waals surface area contributed by atoms with Crippen LogP contribution in [-0.2, 0) is 9.59 Å². The molecule has 0 bridgehead atoms. The van der Waals surface area contributed by atoms with E-state index in [9.17, 15) is 14.4 Å². The van der Waals surface area contributed by atoms with Crippen molar-refractivity contribution in [1.29, 1.82) is 0 Å². The summed E-state index contributed by atoms with van der Waals surface area (Å²) in [6.07, 6.45) is 4.60. The van der Waals surface area contributed by atoms with Crippen molar-refractivity contribution in [3.05, 3.63) is 23.8 Å². The Bertz CT molecular complexity index is 735. The van der Waals surface area contributed by atoms with E-state index < -0.39 is 5.60 Å². The Morgan fingerprint density at radius 1 is 1.27 bits per heavy atom. The predicted octanol–water partition coefficient (Wildman–Crippen LogP) is 2.84. The zero-order valence-corrected chi connectivity index (χ0v) is 15.6. The number of fused-ring (bicyclic) bond motifs is 1. The molecule has 6 nitrogen and oxygen atoms in total. The van der Waals surface area contributed by atoms with Crippen molar-refractivity contribution in [2.24, 2.45) is 0 Å². The minimum Gasteiger partial charge on any atom is -0.476 e. The first-order chi connectivity index (χ1) is 12.3. The molecule has 140 valence electrons. The number of anilines is 1. The number of Topliss-reactive ketones (excluding diaryl/α,β-unsaturated/α-hetero) is 1. The van der Waals surface area contributed by atoms with Crippen molar-refractivity contribution in [2.75, 3.05) is 11.4 Å². The first-order valence-corrected chi connectivity index (χ1v) is 9.29. The lowest BCUT2D eigenvalue weighted by Gasteiger charge is -2.38. The van der Waals surface area contributed by atoms with Gasteiger partial charge in [0.2, 0.25) is 5.91 Å². The maximum Gasteiger partial charge on any atom is 0.271 e. The van der Waals surface area contributed by atoms with Gasteiger partial charge >= 0.3 is 0 Å². The van der Waals surface area contributed by atoms with E-state index in [4.69, 9.17) is 4.74 Å². The van der Waals surface area contributed by atoms with Crippen LogP contribution >= 0.6 is 0 Å². The van der Waals surface area contributed by atoms with E-state index in [0.29, 0.717) is 23.4 Å². The van der Waals surface area contributed by atoms with Gasteiger partial charge in [-0.15, -0.1) is 0 Å². The SMILES string of the molecule is CCC(=O)c1ccc2c(c1)N(CC(=O)NC1CCCC1)C(=O)C(C)(C)O2. The second-order valence-corrected chi connectivity index (χ2v) is 7.51. The van der Waals surface area contributed by atoms with Crippen LogP contribution in [0.25, 0.3) is 0 Å². The monoisotopic (exact) mass is 358 g/mol. The van der Waals surface area contributed by atoms with Gasteiger partial charge in [0.1, 0.15) is 12.3 Å². The molecule has 6 heteroatoms. The number of carbonyl (C=O) groups excluding carboxylic acids is 3. The van der Waals surface area contributed by atoms with Crippen LogP contribution in [-0.4, -0.2) is 35.8 Å². The molecule has 1 heterocycles. The number of amides is 2. The van der Waals surface area contributed by atoms with Gasteiger partial charge in [-0.25, -0.2) is 0 Å². The molecule has 0 unspecified atom stereocenters. The van der Waals surface area contributed by atoms with Crippen LogP contribution in [0.1, 0.15) is 63.2 Å². The summed E-state index contributed by atoms with van der Waals surface area (Å²) in [6.45, 7) is 5.09. The van der Waals surface area contributed by atoms with Crippen LogP contribution in [0.2, 0.25) is 0 Å². The first-order valence-electron chi connectivity index (χ1n) is 9.29. The third-order valence-corrected chi connectivity index (χ3v) is 5.04. The molecule has 2 amide bonds. The van der Waals surface area contributed by atoms with Crippen molar-refractivity contribution >= 4 is 23.3 Å². The van der Waals surface area contributed by atoms with Crippen LogP contribution in [0.15, 0.2) is 18.2 Å². The molecule has 1 aliphatic heterocycles. The van der Waals surface area contributed by atoms with E-state index >= 15 is 0 Å². The number of carbonyl (C=O) groups is 3. The summed E-state index contributed by atoms with van der Waals surface area (Å²) in [5, 5.41) is 3.01. The summed E-state index contributed by atoms with van der Waals surface area (Å²) in [7, 11) is 0. The van der Waals surface area contributed by atoms with E-state index in [1.165, 1.54) is 4.90 Å². The lowest BCUT2D eigenvalue weighted by molar-refractivity contribution is -0.134. The maximum absolute atomic E-state index is 12.9. The molecule has 1 aliphatic carbocycles. The van der Waals surface area contributed by atoms with Crippen molar-refractivity contribution < 1.29 is 19.1 Å². The Hall–Kier alpha value is -2.37. The fourth-order valence-corrected chi connectivity index (χ4v) is 3.59. The third kappa shape index (κ3) is 3.59. The minimum atomic E-state index is -1.06. The standard InChI is InChI=1S/C20H26N2O4/c1-4-16(23)13-9-10-17-15(11-13)22(19(25)20(2,3)26-17)12-18(24)21-14-7-5-6-8-14/h9-11,14H,4-8,12H2,1-3H3,(H,21,24). The highest BCUT2D eigenvalue weighted by atomic mass is 16.5. The highest BCUT2D eigenvalue weighted by Crippen LogP contribution is 2.38. The fraction of sp³-hybridized carbons (Fsp3) is 0.550. The Morgan fingerprint density at radius 2 is 1.96 bits per heavy atom. The summed E-state index contributed by atoms with van der Waals surface area (Å²) in [5.41, 5.74) is -0.0598. The maximum atomic E-state index is 12.9. The fourth-order valence-electron chi connectivity index (χ4n) is 3.59. The molecule has 1 saturated carbocycles. The van der Waals surface area contributed by atoms with Crippen LogP contribution in [0.3, 0.4) is 0 Å². The summed E-state index contributed by atoms with van der Waals surface area (Å²) in [4.78, 5) is 38.8. The van der Waals surface area contributed by atoms with E-state index in [1.807, 2.05) is 0 Å². The molecule has 26 heavy (non-hydrogen) atoms. The number of hydrogen-bond acceptors (Lipinski definition) is 4. The number of nitrogens with one attached hydrogen (secondary N) is 1. The lowest BCUT2D eigenvalue weighted by Crippen LogP contribution is -2.55. The highest BCUT2D eigenvalue weighted by Gasteiger charge is 2.42. The number of nitrogens with zero attached hydrogens (tertiary/aromatic N) is 1. The molecule has 1 aromatic carbocycles. The number of benzene rings is 1. The summed E-state index contributed by atoms with van der Waals surface area (Å²) >= 11 is 0. The summed E-state index contributed by atoms with van der Waals surface area (Å²) < 4.78 is 5.81. The Morgan fingerprint density at radius 3 is 2.62 bits per heavy atom. The van der Waals surface area contributed by atoms with Gasteiger partial charge in [0, 0.05) is 18.0 Å². The molecule has 0 radical (unpaired) electrons. The van der Waals surface area contributed by atoms with Gasteiger partial charge < -0.3 is 10.1 Å². The summed E-state index contributed by atoms with van der Waals surface area (Å²) in [5.74, 6) is 0.0325. The molecular weight excluding hydrogens is 332 g/mol. The zero-order chi connectivity index (χ0) is 18.9. The van der Waals surface area contributed by atoms with Crippen molar-refractivity contribution in [3.63, 3.8) is 0 Å². The van der Waals surface area contributed by atoms with Crippen LogP contribution < -0.4 is 15.0 Å². The largest absolute Gasteiger partial charge is 0.476 e. The summed E-state index contributed by atoms with van der Waals surface area (Å²) in [6, 6.07) is 5.25. The van der Waals surface area contributed by atoms with E-state index in [1.54, 1.807) is 39.0 Å². The number of hydrogen-bond donors (Lipinski definition) is 1. The van der Waals surface area contributed by atoms with Gasteiger partial charge in [-0.2, -0.15) is 0 Å². The van der Waals surface area contributed by atoms with Crippen LogP contribution in [0.4, 0.5) is 5.69 Å². The molecule has 2 aliphatic rings.